The molecule has 1 heterocycles. The van der Waals surface area contributed by atoms with Gasteiger partial charge in [0.25, 0.3) is 5.91 Å². The van der Waals surface area contributed by atoms with E-state index in [1.54, 1.807) is 0 Å². The molecule has 1 aromatic rings. The van der Waals surface area contributed by atoms with Crippen LogP contribution in [-0.4, -0.2) is 36.3 Å². The summed E-state index contributed by atoms with van der Waals surface area (Å²) in [5.41, 5.74) is 1.62. The lowest BCUT2D eigenvalue weighted by Gasteiger charge is -2.20. The molecule has 0 radical (unpaired) electrons. The second-order valence-electron chi connectivity index (χ2n) is 5.41. The van der Waals surface area contributed by atoms with Gasteiger partial charge in [-0.25, -0.2) is 0 Å². The zero-order chi connectivity index (χ0) is 15.2. The van der Waals surface area contributed by atoms with Crippen LogP contribution in [0, 0.1) is 6.92 Å². The number of likely N-dealkylation sites (tertiary alicyclic amines) is 1. The molecule has 0 unspecified atom stereocenters. The second kappa shape index (κ2) is 7.59. The number of aryl methyl sites for hydroxylation is 1. The summed E-state index contributed by atoms with van der Waals surface area (Å²) >= 11 is 3.39. The first-order valence-corrected chi connectivity index (χ1v) is 8.19. The van der Waals surface area contributed by atoms with Gasteiger partial charge in [0, 0.05) is 36.1 Å². The Morgan fingerprint density at radius 2 is 2.14 bits per heavy atom. The van der Waals surface area contributed by atoms with E-state index >= 15 is 0 Å². The molecule has 1 aliphatic rings. The molecule has 0 spiro atoms. The van der Waals surface area contributed by atoms with Crippen molar-refractivity contribution in [1.29, 1.82) is 0 Å². The van der Waals surface area contributed by atoms with Gasteiger partial charge in [-0.2, -0.15) is 0 Å². The smallest absolute Gasteiger partial charge is 0.251 e. The predicted octanol–water partition coefficient (Wildman–Crippen LogP) is 2.89. The quantitative estimate of drug-likeness (QED) is 0.905. The third kappa shape index (κ3) is 4.56. The van der Waals surface area contributed by atoms with Crippen LogP contribution in [-0.2, 0) is 4.79 Å². The second-order valence-corrected chi connectivity index (χ2v) is 6.32. The minimum Gasteiger partial charge on any atom is -0.350 e. The summed E-state index contributed by atoms with van der Waals surface area (Å²) in [5, 5.41) is 2.90. The minimum absolute atomic E-state index is 0.0812. The highest BCUT2D eigenvalue weighted by Gasteiger charge is 2.16. The lowest BCUT2D eigenvalue weighted by Crippen LogP contribution is -2.38. The molecule has 1 saturated heterocycles. The van der Waals surface area contributed by atoms with Crippen molar-refractivity contribution in [2.24, 2.45) is 0 Å². The number of hydrogen-bond donors (Lipinski definition) is 1. The van der Waals surface area contributed by atoms with Gasteiger partial charge in [-0.1, -0.05) is 22.4 Å². The topological polar surface area (TPSA) is 49.4 Å². The van der Waals surface area contributed by atoms with Crippen molar-refractivity contribution in [1.82, 2.24) is 10.2 Å². The van der Waals surface area contributed by atoms with Crippen LogP contribution in [0.25, 0.3) is 0 Å². The summed E-state index contributed by atoms with van der Waals surface area (Å²) < 4.78 is 0.965. The number of carbonyl (C=O) groups is 2. The van der Waals surface area contributed by atoms with Crippen LogP contribution in [0.15, 0.2) is 22.7 Å². The molecule has 0 aromatic heterocycles. The summed E-state index contributed by atoms with van der Waals surface area (Å²) in [4.78, 5) is 25.9. The number of amides is 2. The van der Waals surface area contributed by atoms with Gasteiger partial charge in [-0.3, -0.25) is 9.59 Å². The number of carbonyl (C=O) groups excluding carboxylic acids is 2. The number of rotatable bonds is 4. The first-order chi connectivity index (χ1) is 10.1. The van der Waals surface area contributed by atoms with E-state index in [4.69, 9.17) is 0 Å². The monoisotopic (exact) mass is 352 g/mol. The summed E-state index contributed by atoms with van der Waals surface area (Å²) in [5.74, 6) is 0.129. The van der Waals surface area contributed by atoms with Crippen LogP contribution in [0.2, 0.25) is 0 Å². The van der Waals surface area contributed by atoms with E-state index in [0.717, 1.165) is 35.8 Å². The normalized spacial score (nSPS) is 15.7. The molecule has 21 heavy (non-hydrogen) atoms. The van der Waals surface area contributed by atoms with Gasteiger partial charge in [-0.15, -0.1) is 0 Å². The maximum Gasteiger partial charge on any atom is 0.251 e. The van der Waals surface area contributed by atoms with E-state index in [9.17, 15) is 9.59 Å². The standard InChI is InChI=1S/C16H21BrN2O2/c1-12-11-13(17)6-7-14(12)16(21)18-8-10-19-9-4-2-3-5-15(19)20/h6-7,11H,2-5,8-10H2,1H3,(H,18,21). The minimum atomic E-state index is -0.0812. The molecule has 1 N–H and O–H groups in total. The summed E-state index contributed by atoms with van der Waals surface area (Å²) in [7, 11) is 0. The fraction of sp³-hybridized carbons (Fsp3) is 0.500. The van der Waals surface area contributed by atoms with Crippen LogP contribution in [0.3, 0.4) is 0 Å². The Hall–Kier alpha value is -1.36. The molecule has 1 fully saturated rings. The average Bonchev–Trinajstić information content (AvgIpc) is 2.64. The van der Waals surface area contributed by atoms with Gasteiger partial charge in [0.05, 0.1) is 0 Å². The zero-order valence-corrected chi connectivity index (χ0v) is 13.9. The molecule has 4 nitrogen and oxygen atoms in total. The summed E-state index contributed by atoms with van der Waals surface area (Å²) in [6.45, 7) is 3.82. The molecule has 5 heteroatoms. The predicted molar refractivity (Wildman–Crippen MR) is 86.3 cm³/mol. The molecule has 1 aromatic carbocycles. The van der Waals surface area contributed by atoms with Crippen LogP contribution in [0.1, 0.15) is 41.6 Å². The Kier molecular flexibility index (Phi) is 5.79. The Morgan fingerprint density at radius 3 is 2.90 bits per heavy atom. The molecule has 114 valence electrons. The van der Waals surface area contributed by atoms with Crippen LogP contribution >= 0.6 is 15.9 Å². The molecule has 0 bridgehead atoms. The molecule has 2 rings (SSSR count). The van der Waals surface area contributed by atoms with Crippen molar-refractivity contribution < 1.29 is 9.59 Å². The van der Waals surface area contributed by atoms with Crippen molar-refractivity contribution in [3.63, 3.8) is 0 Å². The number of halogens is 1. The van der Waals surface area contributed by atoms with Crippen molar-refractivity contribution in [2.75, 3.05) is 19.6 Å². The van der Waals surface area contributed by atoms with E-state index in [1.165, 1.54) is 0 Å². The van der Waals surface area contributed by atoms with Gasteiger partial charge in [0.15, 0.2) is 0 Å². The highest BCUT2D eigenvalue weighted by atomic mass is 79.9. The van der Waals surface area contributed by atoms with Gasteiger partial charge in [0.2, 0.25) is 5.91 Å². The summed E-state index contributed by atoms with van der Waals surface area (Å²) in [6, 6.07) is 5.60. The van der Waals surface area contributed by atoms with E-state index in [0.29, 0.717) is 25.1 Å². The molecule has 0 saturated carbocycles. The molecular formula is C16H21BrN2O2. The number of hydrogen-bond acceptors (Lipinski definition) is 2. The molecule has 0 atom stereocenters. The lowest BCUT2D eigenvalue weighted by atomic mass is 10.1. The van der Waals surface area contributed by atoms with Crippen molar-refractivity contribution >= 4 is 27.7 Å². The molecule has 0 aliphatic carbocycles. The van der Waals surface area contributed by atoms with E-state index < -0.39 is 0 Å². The Morgan fingerprint density at radius 1 is 1.33 bits per heavy atom. The number of benzene rings is 1. The zero-order valence-electron chi connectivity index (χ0n) is 12.3. The maximum absolute atomic E-state index is 12.1. The van der Waals surface area contributed by atoms with Crippen molar-refractivity contribution in [3.05, 3.63) is 33.8 Å². The number of nitrogens with zero attached hydrogens (tertiary/aromatic N) is 1. The van der Waals surface area contributed by atoms with Gasteiger partial charge < -0.3 is 10.2 Å². The van der Waals surface area contributed by atoms with Gasteiger partial charge >= 0.3 is 0 Å². The van der Waals surface area contributed by atoms with E-state index in [-0.39, 0.29) is 11.8 Å². The van der Waals surface area contributed by atoms with E-state index in [2.05, 4.69) is 21.2 Å². The van der Waals surface area contributed by atoms with Crippen LogP contribution in [0.4, 0.5) is 0 Å². The molecule has 2 amide bonds. The highest BCUT2D eigenvalue weighted by Crippen LogP contribution is 2.15. The average molecular weight is 353 g/mol. The summed E-state index contributed by atoms with van der Waals surface area (Å²) in [6.07, 6.45) is 3.80. The third-order valence-electron chi connectivity index (χ3n) is 3.77. The Labute approximate surface area is 134 Å². The van der Waals surface area contributed by atoms with E-state index in [1.807, 2.05) is 30.0 Å². The van der Waals surface area contributed by atoms with Crippen LogP contribution < -0.4 is 5.32 Å². The third-order valence-corrected chi connectivity index (χ3v) is 4.26. The lowest BCUT2D eigenvalue weighted by molar-refractivity contribution is -0.130. The van der Waals surface area contributed by atoms with Crippen molar-refractivity contribution in [3.8, 4) is 0 Å². The van der Waals surface area contributed by atoms with Gasteiger partial charge in [-0.05, 0) is 43.5 Å². The van der Waals surface area contributed by atoms with Crippen molar-refractivity contribution in [2.45, 2.75) is 32.6 Å². The molecular weight excluding hydrogens is 332 g/mol. The SMILES string of the molecule is Cc1cc(Br)ccc1C(=O)NCCN1CCCCCC1=O. The molecule has 1 aliphatic heterocycles. The number of nitrogens with one attached hydrogen (secondary N) is 1. The highest BCUT2D eigenvalue weighted by molar-refractivity contribution is 9.10. The van der Waals surface area contributed by atoms with Crippen LogP contribution in [0.5, 0.6) is 0 Å². The first-order valence-electron chi connectivity index (χ1n) is 7.40. The van der Waals surface area contributed by atoms with Gasteiger partial charge in [0.1, 0.15) is 0 Å². The fourth-order valence-electron chi connectivity index (χ4n) is 2.56. The maximum atomic E-state index is 12.1. The Balaban J connectivity index is 1.85. The fourth-order valence-corrected chi connectivity index (χ4v) is 3.03. The largest absolute Gasteiger partial charge is 0.350 e. The Bertz CT molecular complexity index is 531. The first kappa shape index (κ1) is 16.0.